The van der Waals surface area contributed by atoms with Gasteiger partial charge in [-0.05, 0) is 18.8 Å². The molecule has 3 N–H and O–H groups in total. The predicted octanol–water partition coefficient (Wildman–Crippen LogP) is 0.428. The first-order valence-corrected chi connectivity index (χ1v) is 3.85. The van der Waals surface area contributed by atoms with Gasteiger partial charge in [0.1, 0.15) is 6.10 Å². The van der Waals surface area contributed by atoms with Crippen molar-refractivity contribution in [3.05, 3.63) is 0 Å². The van der Waals surface area contributed by atoms with E-state index in [1.54, 1.807) is 0 Å². The van der Waals surface area contributed by atoms with Gasteiger partial charge in [-0.25, -0.2) is 5.90 Å². The lowest BCUT2D eigenvalue weighted by Crippen LogP contribution is -2.28. The van der Waals surface area contributed by atoms with Crippen LogP contribution in [0.3, 0.4) is 0 Å². The first kappa shape index (κ1) is 7.98. The molecule has 1 rings (SSSR count). The second kappa shape index (κ2) is 3.91. The minimum Gasteiger partial charge on any atom is -0.394 e. The summed E-state index contributed by atoms with van der Waals surface area (Å²) in [4.78, 5) is 4.63. The van der Waals surface area contributed by atoms with E-state index in [0.717, 1.165) is 12.8 Å². The summed E-state index contributed by atoms with van der Waals surface area (Å²) in [6.07, 6.45) is 4.70. The molecule has 1 unspecified atom stereocenters. The van der Waals surface area contributed by atoms with Crippen molar-refractivity contribution in [2.24, 2.45) is 11.8 Å². The molecule has 1 atom stereocenters. The summed E-state index contributed by atoms with van der Waals surface area (Å²) in [5.74, 6) is 5.50. The van der Waals surface area contributed by atoms with Crippen LogP contribution in [0, 0.1) is 5.92 Å². The van der Waals surface area contributed by atoms with Crippen molar-refractivity contribution >= 4 is 0 Å². The van der Waals surface area contributed by atoms with Gasteiger partial charge in [-0.1, -0.05) is 12.8 Å². The average molecular weight is 145 g/mol. The van der Waals surface area contributed by atoms with Crippen LogP contribution in [0.15, 0.2) is 0 Å². The van der Waals surface area contributed by atoms with E-state index < -0.39 is 0 Å². The van der Waals surface area contributed by atoms with Crippen LogP contribution < -0.4 is 5.90 Å². The zero-order valence-electron chi connectivity index (χ0n) is 6.12. The summed E-state index contributed by atoms with van der Waals surface area (Å²) >= 11 is 0. The molecular formula is C7H15NO2. The van der Waals surface area contributed by atoms with Crippen LogP contribution in [-0.4, -0.2) is 17.8 Å². The molecule has 0 heterocycles. The monoisotopic (exact) mass is 145 g/mol. The lowest BCUT2D eigenvalue weighted by atomic mass is 10.0. The first-order valence-electron chi connectivity index (χ1n) is 3.85. The Labute approximate surface area is 61.1 Å². The molecule has 0 radical (unpaired) electrons. The van der Waals surface area contributed by atoms with Crippen molar-refractivity contribution < 1.29 is 9.94 Å². The largest absolute Gasteiger partial charge is 0.394 e. The molecule has 1 aliphatic carbocycles. The van der Waals surface area contributed by atoms with E-state index in [4.69, 9.17) is 11.0 Å². The van der Waals surface area contributed by atoms with E-state index >= 15 is 0 Å². The van der Waals surface area contributed by atoms with E-state index in [2.05, 4.69) is 4.84 Å². The van der Waals surface area contributed by atoms with Crippen LogP contribution in [0.5, 0.6) is 0 Å². The van der Waals surface area contributed by atoms with Crippen LogP contribution in [0.1, 0.15) is 25.7 Å². The third kappa shape index (κ3) is 1.68. The standard InChI is InChI=1S/C7H15NO2/c8-10-7(5-9)6-3-1-2-4-6/h6-7,9H,1-5,8H2. The number of aliphatic hydroxyl groups is 1. The zero-order valence-corrected chi connectivity index (χ0v) is 6.12. The fourth-order valence-corrected chi connectivity index (χ4v) is 1.63. The minimum atomic E-state index is -0.123. The highest BCUT2D eigenvalue weighted by molar-refractivity contribution is 4.74. The van der Waals surface area contributed by atoms with Gasteiger partial charge in [-0.15, -0.1) is 0 Å². The third-order valence-corrected chi connectivity index (χ3v) is 2.28. The number of nitrogens with two attached hydrogens (primary N) is 1. The van der Waals surface area contributed by atoms with Crippen LogP contribution >= 0.6 is 0 Å². The molecule has 0 amide bonds. The maximum Gasteiger partial charge on any atom is 0.104 e. The van der Waals surface area contributed by atoms with E-state index in [9.17, 15) is 0 Å². The van der Waals surface area contributed by atoms with Crippen molar-refractivity contribution in [3.8, 4) is 0 Å². The summed E-state index contributed by atoms with van der Waals surface area (Å²) in [5, 5.41) is 8.78. The predicted molar refractivity (Wildman–Crippen MR) is 38.1 cm³/mol. The number of aliphatic hydroxyl groups excluding tert-OH is 1. The maximum atomic E-state index is 8.78. The molecular weight excluding hydrogens is 130 g/mol. The molecule has 0 bridgehead atoms. The Hall–Kier alpha value is -0.120. The van der Waals surface area contributed by atoms with Gasteiger partial charge in [-0.2, -0.15) is 0 Å². The quantitative estimate of drug-likeness (QED) is 0.566. The number of rotatable bonds is 3. The lowest BCUT2D eigenvalue weighted by Gasteiger charge is -2.17. The second-order valence-corrected chi connectivity index (χ2v) is 2.90. The van der Waals surface area contributed by atoms with Gasteiger partial charge in [0.25, 0.3) is 0 Å². The van der Waals surface area contributed by atoms with Gasteiger partial charge in [-0.3, -0.25) is 4.84 Å². The smallest absolute Gasteiger partial charge is 0.104 e. The van der Waals surface area contributed by atoms with Crippen LogP contribution in [0.25, 0.3) is 0 Å². The highest BCUT2D eigenvalue weighted by atomic mass is 16.6. The molecule has 60 valence electrons. The van der Waals surface area contributed by atoms with Crippen molar-refractivity contribution in [3.63, 3.8) is 0 Å². The van der Waals surface area contributed by atoms with E-state index in [1.807, 2.05) is 0 Å². The SMILES string of the molecule is NOC(CO)C1CCCC1. The first-order chi connectivity index (χ1) is 4.88. The van der Waals surface area contributed by atoms with Gasteiger partial charge in [0.2, 0.25) is 0 Å². The Bertz CT molecular complexity index is 87.6. The molecule has 1 fully saturated rings. The summed E-state index contributed by atoms with van der Waals surface area (Å²) in [6.45, 7) is 0.0567. The Morgan fingerprint density at radius 1 is 1.50 bits per heavy atom. The van der Waals surface area contributed by atoms with Crippen LogP contribution in [0.2, 0.25) is 0 Å². The molecule has 0 aromatic rings. The van der Waals surface area contributed by atoms with Gasteiger partial charge in [0, 0.05) is 0 Å². The Morgan fingerprint density at radius 3 is 2.50 bits per heavy atom. The van der Waals surface area contributed by atoms with Gasteiger partial charge >= 0.3 is 0 Å². The second-order valence-electron chi connectivity index (χ2n) is 2.90. The summed E-state index contributed by atoms with van der Waals surface area (Å²) in [6, 6.07) is 0. The van der Waals surface area contributed by atoms with Crippen LogP contribution in [0.4, 0.5) is 0 Å². The molecule has 0 aromatic carbocycles. The zero-order chi connectivity index (χ0) is 7.40. The molecule has 0 spiro atoms. The Balaban J connectivity index is 2.29. The van der Waals surface area contributed by atoms with Gasteiger partial charge < -0.3 is 5.11 Å². The highest BCUT2D eigenvalue weighted by Gasteiger charge is 2.24. The minimum absolute atomic E-state index is 0.0567. The van der Waals surface area contributed by atoms with Gasteiger partial charge in [0.15, 0.2) is 0 Å². The van der Waals surface area contributed by atoms with Crippen molar-refractivity contribution in [2.45, 2.75) is 31.8 Å². The summed E-state index contributed by atoms with van der Waals surface area (Å²) in [5.41, 5.74) is 0. The molecule has 1 aliphatic rings. The van der Waals surface area contributed by atoms with Crippen molar-refractivity contribution in [1.29, 1.82) is 0 Å². The lowest BCUT2D eigenvalue weighted by molar-refractivity contribution is -0.0230. The Morgan fingerprint density at radius 2 is 2.10 bits per heavy atom. The molecule has 0 saturated heterocycles. The topological polar surface area (TPSA) is 55.5 Å². The highest BCUT2D eigenvalue weighted by Crippen LogP contribution is 2.28. The number of hydrogen-bond donors (Lipinski definition) is 2. The van der Waals surface area contributed by atoms with Gasteiger partial charge in [0.05, 0.1) is 6.61 Å². The molecule has 10 heavy (non-hydrogen) atoms. The molecule has 1 saturated carbocycles. The fraction of sp³-hybridized carbons (Fsp3) is 1.00. The maximum absolute atomic E-state index is 8.78. The normalized spacial score (nSPS) is 23.4. The fourth-order valence-electron chi connectivity index (χ4n) is 1.63. The summed E-state index contributed by atoms with van der Waals surface area (Å²) in [7, 11) is 0. The van der Waals surface area contributed by atoms with Crippen molar-refractivity contribution in [2.75, 3.05) is 6.61 Å². The van der Waals surface area contributed by atoms with Crippen LogP contribution in [-0.2, 0) is 4.84 Å². The van der Waals surface area contributed by atoms with Crippen molar-refractivity contribution in [1.82, 2.24) is 0 Å². The molecule has 0 aliphatic heterocycles. The Kier molecular flexibility index (Phi) is 3.12. The average Bonchev–Trinajstić information content (AvgIpc) is 2.43. The molecule has 3 nitrogen and oxygen atoms in total. The molecule has 0 aromatic heterocycles. The third-order valence-electron chi connectivity index (χ3n) is 2.28. The van der Waals surface area contributed by atoms with E-state index in [1.165, 1.54) is 12.8 Å². The van der Waals surface area contributed by atoms with E-state index in [0.29, 0.717) is 5.92 Å². The summed E-state index contributed by atoms with van der Waals surface area (Å²) < 4.78 is 0. The number of hydrogen-bond acceptors (Lipinski definition) is 3. The van der Waals surface area contributed by atoms with E-state index in [-0.39, 0.29) is 12.7 Å². The molecule has 3 heteroatoms.